The van der Waals surface area contributed by atoms with Gasteiger partial charge in [-0.05, 0) is 49.7 Å². The van der Waals surface area contributed by atoms with Crippen molar-refractivity contribution in [1.82, 2.24) is 9.29 Å². The third kappa shape index (κ3) is 5.33. The van der Waals surface area contributed by atoms with Gasteiger partial charge in [-0.2, -0.15) is 0 Å². The molecule has 1 N–H and O–H groups in total. The molecule has 0 spiro atoms. The second-order valence-corrected chi connectivity index (χ2v) is 7.64. The standard InChI is InChI=1S/C17H20FN3O3S/c1-13-5-3-6-16(19-13)20-17(22)7-4-12-21(2)25(23,24)15-10-8-14(18)9-11-15/h3,5-6,8-11H,4,7,12H2,1-2H3,(H,19,20,22). The van der Waals surface area contributed by atoms with Crippen LogP contribution >= 0.6 is 0 Å². The summed E-state index contributed by atoms with van der Waals surface area (Å²) in [5.74, 6) is -0.258. The van der Waals surface area contributed by atoms with Gasteiger partial charge in [0.2, 0.25) is 15.9 Å². The van der Waals surface area contributed by atoms with E-state index in [9.17, 15) is 17.6 Å². The van der Waals surface area contributed by atoms with Crippen molar-refractivity contribution >= 4 is 21.7 Å². The van der Waals surface area contributed by atoms with Gasteiger partial charge < -0.3 is 5.32 Å². The van der Waals surface area contributed by atoms with Gasteiger partial charge in [0.15, 0.2) is 0 Å². The monoisotopic (exact) mass is 365 g/mol. The number of hydrogen-bond donors (Lipinski definition) is 1. The number of nitrogens with one attached hydrogen (secondary N) is 1. The van der Waals surface area contributed by atoms with Crippen molar-refractivity contribution in [2.75, 3.05) is 18.9 Å². The van der Waals surface area contributed by atoms with E-state index in [1.54, 1.807) is 12.1 Å². The summed E-state index contributed by atoms with van der Waals surface area (Å²) in [6.45, 7) is 2.00. The number of rotatable bonds is 7. The number of halogens is 1. The molecule has 0 bridgehead atoms. The van der Waals surface area contributed by atoms with Crippen LogP contribution in [0.3, 0.4) is 0 Å². The average Bonchev–Trinajstić information content (AvgIpc) is 2.55. The lowest BCUT2D eigenvalue weighted by Gasteiger charge is -2.17. The van der Waals surface area contributed by atoms with Gasteiger partial charge in [-0.3, -0.25) is 4.79 Å². The Hall–Kier alpha value is -2.32. The zero-order chi connectivity index (χ0) is 18.4. The SMILES string of the molecule is Cc1cccc(NC(=O)CCCN(C)S(=O)(=O)c2ccc(F)cc2)n1. The molecular formula is C17H20FN3O3S. The van der Waals surface area contributed by atoms with E-state index >= 15 is 0 Å². The highest BCUT2D eigenvalue weighted by atomic mass is 32.2. The molecule has 0 fully saturated rings. The Labute approximate surface area is 146 Å². The summed E-state index contributed by atoms with van der Waals surface area (Å²) in [5, 5.41) is 2.67. The van der Waals surface area contributed by atoms with Crippen LogP contribution < -0.4 is 5.32 Å². The lowest BCUT2D eigenvalue weighted by molar-refractivity contribution is -0.116. The second kappa shape index (κ2) is 8.17. The summed E-state index contributed by atoms with van der Waals surface area (Å²) in [7, 11) is -2.27. The molecule has 0 radical (unpaired) electrons. The first-order valence-corrected chi connectivity index (χ1v) is 9.18. The van der Waals surface area contributed by atoms with Crippen molar-refractivity contribution in [2.45, 2.75) is 24.7 Å². The minimum absolute atomic E-state index is 0.0183. The van der Waals surface area contributed by atoms with E-state index in [1.165, 1.54) is 19.2 Å². The van der Waals surface area contributed by atoms with Gasteiger partial charge in [-0.15, -0.1) is 0 Å². The Bertz CT molecular complexity index is 838. The molecule has 1 aromatic heterocycles. The van der Waals surface area contributed by atoms with Gasteiger partial charge in [0, 0.05) is 25.7 Å². The van der Waals surface area contributed by atoms with Gasteiger partial charge in [0.05, 0.1) is 4.90 Å². The molecule has 2 aromatic rings. The molecule has 0 atom stereocenters. The van der Waals surface area contributed by atoms with E-state index in [-0.39, 0.29) is 23.8 Å². The smallest absolute Gasteiger partial charge is 0.242 e. The highest BCUT2D eigenvalue weighted by Crippen LogP contribution is 2.15. The molecule has 1 aromatic carbocycles. The molecule has 0 unspecified atom stereocenters. The molecule has 0 saturated carbocycles. The molecule has 6 nitrogen and oxygen atoms in total. The number of aryl methyl sites for hydroxylation is 1. The number of hydrogen-bond acceptors (Lipinski definition) is 4. The Balaban J connectivity index is 1.86. The van der Waals surface area contributed by atoms with Crippen molar-refractivity contribution < 1.29 is 17.6 Å². The number of sulfonamides is 1. The molecule has 0 aliphatic heterocycles. The van der Waals surface area contributed by atoms with Gasteiger partial charge in [0.25, 0.3) is 0 Å². The molecule has 0 saturated heterocycles. The summed E-state index contributed by atoms with van der Waals surface area (Å²) in [5.41, 5.74) is 0.794. The summed E-state index contributed by atoms with van der Waals surface area (Å²) in [4.78, 5) is 16.1. The summed E-state index contributed by atoms with van der Waals surface area (Å²) < 4.78 is 38.7. The topological polar surface area (TPSA) is 79.4 Å². The maximum absolute atomic E-state index is 12.9. The van der Waals surface area contributed by atoms with Crippen LogP contribution in [0.15, 0.2) is 47.4 Å². The molecule has 1 heterocycles. The molecule has 25 heavy (non-hydrogen) atoms. The van der Waals surface area contributed by atoms with Crippen LogP contribution in [0.1, 0.15) is 18.5 Å². The number of benzene rings is 1. The van der Waals surface area contributed by atoms with E-state index in [0.29, 0.717) is 12.2 Å². The van der Waals surface area contributed by atoms with E-state index in [1.807, 2.05) is 13.0 Å². The number of aromatic nitrogens is 1. The Morgan fingerprint density at radius 1 is 1.20 bits per heavy atom. The van der Waals surface area contributed by atoms with Crippen molar-refractivity contribution in [3.05, 3.63) is 54.0 Å². The number of carbonyl (C=O) groups is 1. The molecule has 8 heteroatoms. The van der Waals surface area contributed by atoms with E-state index in [0.717, 1.165) is 22.1 Å². The maximum atomic E-state index is 12.9. The Kier molecular flexibility index (Phi) is 6.22. The Morgan fingerprint density at radius 3 is 2.52 bits per heavy atom. The van der Waals surface area contributed by atoms with E-state index in [2.05, 4.69) is 10.3 Å². The second-order valence-electron chi connectivity index (χ2n) is 5.60. The number of carbonyl (C=O) groups excluding carboxylic acids is 1. The minimum Gasteiger partial charge on any atom is -0.311 e. The summed E-state index contributed by atoms with van der Waals surface area (Å²) >= 11 is 0. The summed E-state index contributed by atoms with van der Waals surface area (Å²) in [6, 6.07) is 9.95. The third-order valence-corrected chi connectivity index (χ3v) is 5.43. The van der Waals surface area contributed by atoms with Crippen molar-refractivity contribution in [3.63, 3.8) is 0 Å². The highest BCUT2D eigenvalue weighted by Gasteiger charge is 2.20. The predicted molar refractivity (Wildman–Crippen MR) is 93.1 cm³/mol. The van der Waals surface area contributed by atoms with Crippen LogP contribution in [0.5, 0.6) is 0 Å². The fourth-order valence-corrected chi connectivity index (χ4v) is 3.40. The quantitative estimate of drug-likeness (QED) is 0.818. The zero-order valence-corrected chi connectivity index (χ0v) is 14.9. The fourth-order valence-electron chi connectivity index (χ4n) is 2.19. The van der Waals surface area contributed by atoms with Crippen molar-refractivity contribution in [3.8, 4) is 0 Å². The summed E-state index contributed by atoms with van der Waals surface area (Å²) in [6.07, 6.45) is 0.521. The third-order valence-electron chi connectivity index (χ3n) is 3.55. The van der Waals surface area contributed by atoms with Crippen molar-refractivity contribution in [2.24, 2.45) is 0 Å². The van der Waals surface area contributed by atoms with Gasteiger partial charge in [-0.1, -0.05) is 6.07 Å². The van der Waals surface area contributed by atoms with Gasteiger partial charge >= 0.3 is 0 Å². The normalized spacial score (nSPS) is 11.5. The molecular weight excluding hydrogens is 345 g/mol. The molecule has 0 aliphatic rings. The number of amides is 1. The highest BCUT2D eigenvalue weighted by molar-refractivity contribution is 7.89. The zero-order valence-electron chi connectivity index (χ0n) is 14.1. The van der Waals surface area contributed by atoms with Crippen LogP contribution in [0, 0.1) is 12.7 Å². The molecule has 0 aliphatic carbocycles. The lowest BCUT2D eigenvalue weighted by Crippen LogP contribution is -2.28. The maximum Gasteiger partial charge on any atom is 0.242 e. The lowest BCUT2D eigenvalue weighted by atomic mass is 10.3. The predicted octanol–water partition coefficient (Wildman–Crippen LogP) is 2.57. The Morgan fingerprint density at radius 2 is 1.88 bits per heavy atom. The first-order valence-electron chi connectivity index (χ1n) is 7.74. The van der Waals surface area contributed by atoms with Crippen LogP contribution in [0.25, 0.3) is 0 Å². The minimum atomic E-state index is -3.70. The van der Waals surface area contributed by atoms with Gasteiger partial charge in [-0.25, -0.2) is 22.1 Å². The average molecular weight is 365 g/mol. The fraction of sp³-hybridized carbons (Fsp3) is 0.294. The number of pyridine rings is 1. The molecule has 1 amide bonds. The van der Waals surface area contributed by atoms with Crippen LogP contribution in [-0.4, -0.2) is 37.2 Å². The van der Waals surface area contributed by atoms with Crippen LogP contribution in [0.4, 0.5) is 10.2 Å². The van der Waals surface area contributed by atoms with Crippen LogP contribution in [0.2, 0.25) is 0 Å². The number of anilines is 1. The largest absolute Gasteiger partial charge is 0.311 e. The van der Waals surface area contributed by atoms with Crippen LogP contribution in [-0.2, 0) is 14.8 Å². The van der Waals surface area contributed by atoms with Gasteiger partial charge in [0.1, 0.15) is 11.6 Å². The molecule has 2 rings (SSSR count). The first kappa shape index (κ1) is 19.0. The first-order chi connectivity index (χ1) is 11.8. The van der Waals surface area contributed by atoms with Crippen molar-refractivity contribution in [1.29, 1.82) is 0 Å². The van der Waals surface area contributed by atoms with E-state index in [4.69, 9.17) is 0 Å². The molecule has 134 valence electrons. The number of nitrogens with zero attached hydrogens (tertiary/aromatic N) is 2. The van der Waals surface area contributed by atoms with E-state index < -0.39 is 15.8 Å².